The molecule has 12 heteroatoms. The van der Waals surface area contributed by atoms with Crippen LogP contribution in [-0.2, 0) is 20.2 Å². The molecule has 2 aromatic rings. The lowest BCUT2D eigenvalue weighted by Crippen LogP contribution is -2.30. The van der Waals surface area contributed by atoms with E-state index in [1.54, 1.807) is 20.8 Å². The molecule has 0 spiro atoms. The highest BCUT2D eigenvalue weighted by atomic mass is 32.2. The molecule has 0 aliphatic heterocycles. The lowest BCUT2D eigenvalue weighted by molar-refractivity contribution is -0.530. The number of hydrogen-bond donors (Lipinski definition) is 3. The lowest BCUT2D eigenvalue weighted by atomic mass is 10.1. The van der Waals surface area contributed by atoms with Crippen LogP contribution in [0, 0.1) is 5.21 Å². The summed E-state index contributed by atoms with van der Waals surface area (Å²) in [5.41, 5.74) is -1.43. The van der Waals surface area contributed by atoms with Gasteiger partial charge in [0.15, 0.2) is 16.8 Å². The zero-order chi connectivity index (χ0) is 18.5. The number of nitrogens with zero attached hydrogens (tertiary/aromatic N) is 2. The Kier molecular flexibility index (Phi) is 4.21. The fourth-order valence-electron chi connectivity index (χ4n) is 1.91. The van der Waals surface area contributed by atoms with Crippen LogP contribution in [0.3, 0.4) is 0 Å². The molecule has 0 aliphatic rings. The molecule has 0 saturated carbocycles. The molecule has 0 aliphatic carbocycles. The fraction of sp³-hybridized carbons (Fsp3) is 0.333. The molecule has 2 aromatic heterocycles. The minimum absolute atomic E-state index is 0.0182. The van der Waals surface area contributed by atoms with Crippen molar-refractivity contribution in [1.82, 2.24) is 9.97 Å². The number of aromatic amines is 1. The van der Waals surface area contributed by atoms with Crippen LogP contribution < -0.4 is 0 Å². The molecule has 24 heavy (non-hydrogen) atoms. The Hall–Kier alpha value is -2.02. The zero-order valence-corrected chi connectivity index (χ0v) is 14.5. The van der Waals surface area contributed by atoms with Crippen molar-refractivity contribution in [3.63, 3.8) is 0 Å². The zero-order valence-electron chi connectivity index (χ0n) is 12.9. The third-order valence-electron chi connectivity index (χ3n) is 3.08. The molecule has 2 rings (SSSR count). The Morgan fingerprint density at radius 3 is 2.17 bits per heavy atom. The molecule has 0 fully saturated rings. The van der Waals surface area contributed by atoms with Gasteiger partial charge in [0, 0.05) is 32.4 Å². The fourth-order valence-corrected chi connectivity index (χ4v) is 3.25. The summed E-state index contributed by atoms with van der Waals surface area (Å²) in [5.74, 6) is 0. The van der Waals surface area contributed by atoms with Gasteiger partial charge in [0.2, 0.25) is 5.03 Å². The van der Waals surface area contributed by atoms with E-state index < -0.39 is 35.8 Å². The van der Waals surface area contributed by atoms with Crippen molar-refractivity contribution < 1.29 is 30.7 Å². The number of nitrogens with one attached hydrogen (secondary N) is 1. The summed E-state index contributed by atoms with van der Waals surface area (Å²) in [7, 11) is -9.85. The van der Waals surface area contributed by atoms with Crippen molar-refractivity contribution in [1.29, 1.82) is 0 Å². The van der Waals surface area contributed by atoms with Crippen molar-refractivity contribution in [3.8, 4) is 0 Å². The van der Waals surface area contributed by atoms with Gasteiger partial charge in [-0.2, -0.15) is 16.8 Å². The van der Waals surface area contributed by atoms with Crippen LogP contribution in [0.2, 0.25) is 0 Å². The Morgan fingerprint density at radius 1 is 1.17 bits per heavy atom. The minimum atomic E-state index is -4.97. The highest BCUT2D eigenvalue weighted by molar-refractivity contribution is 7.86. The summed E-state index contributed by atoms with van der Waals surface area (Å²) < 4.78 is 65.1. The maximum atomic E-state index is 12.1. The number of rotatable bonds is 3. The summed E-state index contributed by atoms with van der Waals surface area (Å²) in [5, 5.41) is 10.1. The van der Waals surface area contributed by atoms with Crippen LogP contribution in [-0.4, -0.2) is 52.4 Å². The highest BCUT2D eigenvalue weighted by Gasteiger charge is 2.29. The van der Waals surface area contributed by atoms with E-state index >= 15 is 0 Å². The van der Waals surface area contributed by atoms with Gasteiger partial charge in [0.25, 0.3) is 0 Å². The van der Waals surface area contributed by atoms with E-state index in [0.717, 1.165) is 6.21 Å². The predicted molar refractivity (Wildman–Crippen MR) is 84.3 cm³/mol. The smallest absolute Gasteiger partial charge is 0.314 e. The maximum absolute atomic E-state index is 12.1. The minimum Gasteiger partial charge on any atom is -0.623 e. The Balaban J connectivity index is 3.03. The van der Waals surface area contributed by atoms with Crippen LogP contribution in [0.1, 0.15) is 26.3 Å². The quantitative estimate of drug-likeness (QED) is 0.232. The molecule has 0 amide bonds. The summed E-state index contributed by atoms with van der Waals surface area (Å²) in [6, 6.07) is 1.29. The number of H-pyrrole nitrogens is 1. The van der Waals surface area contributed by atoms with Crippen molar-refractivity contribution in [2.45, 2.75) is 36.4 Å². The number of aromatic nitrogens is 2. The van der Waals surface area contributed by atoms with E-state index in [-0.39, 0.29) is 16.5 Å². The molecule has 0 radical (unpaired) electrons. The first kappa shape index (κ1) is 18.3. The molecule has 0 atom stereocenters. The van der Waals surface area contributed by atoms with Crippen molar-refractivity contribution >= 4 is 37.4 Å². The average Bonchev–Trinajstić information content (AvgIpc) is 2.83. The second-order valence-corrected chi connectivity index (χ2v) is 8.65. The predicted octanol–water partition coefficient (Wildman–Crippen LogP) is 0.784. The van der Waals surface area contributed by atoms with Gasteiger partial charge in [0.1, 0.15) is 0 Å². The molecule has 0 unspecified atom stereocenters. The lowest BCUT2D eigenvalue weighted by Gasteiger charge is -2.19. The third kappa shape index (κ3) is 3.40. The standard InChI is InChI=1S/C12H15N3O7S2/c1-12(2,3)15(16)6-8-7-4-5-13-9(7)11(24(20,21)22)14-10(8)23(17,18)19/h4-6,13H,1-3H3,(H,17,18,19)(H,20,21,22). The van der Waals surface area contributed by atoms with Crippen LogP contribution in [0.4, 0.5) is 0 Å². The van der Waals surface area contributed by atoms with Gasteiger partial charge in [-0.1, -0.05) is 0 Å². The van der Waals surface area contributed by atoms with Gasteiger partial charge >= 0.3 is 20.2 Å². The van der Waals surface area contributed by atoms with Crippen LogP contribution in [0.25, 0.3) is 10.9 Å². The van der Waals surface area contributed by atoms with Crippen LogP contribution in [0.5, 0.6) is 0 Å². The second-order valence-electron chi connectivity index (χ2n) is 5.98. The normalized spacial score (nSPS) is 14.3. The number of fused-ring (bicyclic) bond motifs is 1. The van der Waals surface area contributed by atoms with Gasteiger partial charge in [0.05, 0.1) is 11.1 Å². The van der Waals surface area contributed by atoms with E-state index in [1.165, 1.54) is 12.3 Å². The molecule has 0 aromatic carbocycles. The molecule has 132 valence electrons. The third-order valence-corrected chi connectivity index (χ3v) is 4.66. The van der Waals surface area contributed by atoms with Gasteiger partial charge < -0.3 is 10.2 Å². The van der Waals surface area contributed by atoms with E-state index in [1.807, 2.05) is 0 Å². The average molecular weight is 377 g/mol. The van der Waals surface area contributed by atoms with Crippen molar-refractivity contribution in [3.05, 3.63) is 23.0 Å². The van der Waals surface area contributed by atoms with E-state index in [4.69, 9.17) is 0 Å². The van der Waals surface area contributed by atoms with Gasteiger partial charge in [-0.3, -0.25) is 9.11 Å². The molecule has 2 heterocycles. The van der Waals surface area contributed by atoms with Crippen molar-refractivity contribution in [2.24, 2.45) is 0 Å². The molecule has 10 nitrogen and oxygen atoms in total. The Bertz CT molecular complexity index is 1040. The van der Waals surface area contributed by atoms with Crippen molar-refractivity contribution in [2.75, 3.05) is 0 Å². The topological polar surface area (TPSA) is 163 Å². The van der Waals surface area contributed by atoms with Crippen LogP contribution >= 0.6 is 0 Å². The van der Waals surface area contributed by atoms with E-state index in [2.05, 4.69) is 9.97 Å². The maximum Gasteiger partial charge on any atom is 0.314 e. The Labute approximate surface area is 137 Å². The summed E-state index contributed by atoms with van der Waals surface area (Å²) in [4.78, 5) is 5.85. The first-order valence-corrected chi connectivity index (χ1v) is 9.38. The Morgan fingerprint density at radius 2 is 1.71 bits per heavy atom. The summed E-state index contributed by atoms with van der Waals surface area (Å²) in [6.45, 7) is 4.70. The van der Waals surface area contributed by atoms with Gasteiger partial charge in [-0.25, -0.2) is 9.72 Å². The van der Waals surface area contributed by atoms with Crippen LogP contribution in [0.15, 0.2) is 22.3 Å². The van der Waals surface area contributed by atoms with E-state index in [0.29, 0.717) is 4.74 Å². The van der Waals surface area contributed by atoms with Gasteiger partial charge in [-0.05, 0) is 6.07 Å². The number of pyridine rings is 1. The molecule has 0 bridgehead atoms. The molecular weight excluding hydrogens is 362 g/mol. The molecular formula is C12H15N3O7S2. The van der Waals surface area contributed by atoms with Gasteiger partial charge in [-0.15, -0.1) is 0 Å². The summed E-state index contributed by atoms with van der Waals surface area (Å²) >= 11 is 0. The molecule has 0 saturated heterocycles. The second kappa shape index (κ2) is 5.51. The highest BCUT2D eigenvalue weighted by Crippen LogP contribution is 2.27. The summed E-state index contributed by atoms with van der Waals surface area (Å²) in [6.07, 6.45) is 2.17. The number of hydroxylamine groups is 1. The first-order valence-electron chi connectivity index (χ1n) is 6.50. The first-order chi connectivity index (χ1) is 10.7. The monoisotopic (exact) mass is 377 g/mol. The molecule has 3 N–H and O–H groups in total. The largest absolute Gasteiger partial charge is 0.623 e. The number of hydrogen-bond acceptors (Lipinski definition) is 6. The SMILES string of the molecule is CC(C)(C)[N+]([O-])=Cc1c(S(=O)(=O)O)nc(S(=O)(=O)O)c2[nH]ccc12. The van der Waals surface area contributed by atoms with E-state index in [9.17, 15) is 31.1 Å².